The number of aromatic nitrogens is 2. The second-order valence-electron chi connectivity index (χ2n) is 4.35. The molecule has 1 heterocycles. The van der Waals surface area contributed by atoms with Crippen molar-refractivity contribution in [2.24, 2.45) is 0 Å². The van der Waals surface area contributed by atoms with Crippen molar-refractivity contribution in [2.75, 3.05) is 0 Å². The molecule has 7 heteroatoms. The lowest BCUT2D eigenvalue weighted by Crippen LogP contribution is -2.00. The van der Waals surface area contributed by atoms with E-state index < -0.39 is 0 Å². The number of hydrogen-bond acceptors (Lipinski definition) is 1. The number of rotatable bonds is 2. The number of imidazole rings is 1. The van der Waals surface area contributed by atoms with Gasteiger partial charge >= 0.3 is 0 Å². The Kier molecular flexibility index (Phi) is 4.14. The van der Waals surface area contributed by atoms with Crippen LogP contribution in [0, 0.1) is 5.82 Å². The molecule has 0 spiro atoms. The number of halogens is 5. The van der Waals surface area contributed by atoms with Crippen LogP contribution >= 0.6 is 50.7 Å². The van der Waals surface area contributed by atoms with Crippen LogP contribution < -0.4 is 0 Å². The van der Waals surface area contributed by atoms with Crippen LogP contribution in [-0.2, 0) is 5.88 Å². The van der Waals surface area contributed by atoms with Crippen molar-refractivity contribution in [2.45, 2.75) is 5.88 Å². The van der Waals surface area contributed by atoms with Crippen LogP contribution in [-0.4, -0.2) is 9.55 Å². The molecule has 21 heavy (non-hydrogen) atoms. The molecule has 0 aliphatic rings. The molecule has 0 radical (unpaired) electrons. The zero-order valence-electron chi connectivity index (χ0n) is 10.4. The van der Waals surface area contributed by atoms with Gasteiger partial charge in [0, 0.05) is 11.1 Å². The summed E-state index contributed by atoms with van der Waals surface area (Å²) in [5.41, 5.74) is 1.81. The van der Waals surface area contributed by atoms with E-state index in [-0.39, 0.29) is 11.7 Å². The fourth-order valence-corrected chi connectivity index (χ4v) is 3.02. The third-order valence-corrected chi connectivity index (χ3v) is 4.44. The first kappa shape index (κ1) is 15.1. The summed E-state index contributed by atoms with van der Waals surface area (Å²) in [7, 11) is 0. The first-order chi connectivity index (χ1) is 10.0. The molecule has 0 saturated heterocycles. The Hall–Kier alpha value is -0.810. The second-order valence-corrected chi connectivity index (χ2v) is 6.31. The topological polar surface area (TPSA) is 17.8 Å². The van der Waals surface area contributed by atoms with Gasteiger partial charge in [-0.3, -0.25) is 4.57 Å². The lowest BCUT2D eigenvalue weighted by Gasteiger charge is -2.10. The van der Waals surface area contributed by atoms with E-state index in [1.54, 1.807) is 28.8 Å². The Morgan fingerprint density at radius 3 is 2.67 bits per heavy atom. The zero-order chi connectivity index (χ0) is 15.1. The van der Waals surface area contributed by atoms with Crippen LogP contribution in [0.4, 0.5) is 4.39 Å². The van der Waals surface area contributed by atoms with Gasteiger partial charge in [0.2, 0.25) is 0 Å². The normalized spacial score (nSPS) is 11.3. The molecule has 0 unspecified atom stereocenters. The summed E-state index contributed by atoms with van der Waals surface area (Å²) in [6.45, 7) is 0. The van der Waals surface area contributed by atoms with Gasteiger partial charge in [0.05, 0.1) is 32.1 Å². The number of alkyl halides is 1. The van der Waals surface area contributed by atoms with Crippen molar-refractivity contribution in [3.8, 4) is 5.69 Å². The Bertz CT molecular complexity index is 848. The van der Waals surface area contributed by atoms with Gasteiger partial charge in [-0.15, -0.1) is 11.6 Å². The molecule has 0 bridgehead atoms. The Morgan fingerprint density at radius 2 is 1.95 bits per heavy atom. The van der Waals surface area contributed by atoms with Gasteiger partial charge in [0.25, 0.3) is 0 Å². The van der Waals surface area contributed by atoms with E-state index in [4.69, 9.17) is 34.8 Å². The van der Waals surface area contributed by atoms with Crippen molar-refractivity contribution in [3.63, 3.8) is 0 Å². The average Bonchev–Trinajstić information content (AvgIpc) is 2.79. The van der Waals surface area contributed by atoms with Crippen LogP contribution in [0.1, 0.15) is 5.82 Å². The van der Waals surface area contributed by atoms with Gasteiger partial charge < -0.3 is 0 Å². The first-order valence-corrected chi connectivity index (χ1v) is 7.97. The van der Waals surface area contributed by atoms with E-state index in [0.29, 0.717) is 37.1 Å². The molecule has 0 amide bonds. The van der Waals surface area contributed by atoms with Crippen molar-refractivity contribution in [1.29, 1.82) is 0 Å². The molecule has 0 aliphatic carbocycles. The van der Waals surface area contributed by atoms with Crippen LogP contribution in [0.5, 0.6) is 0 Å². The summed E-state index contributed by atoms with van der Waals surface area (Å²) in [6, 6.07) is 8.05. The minimum absolute atomic E-state index is 0.163. The van der Waals surface area contributed by atoms with Gasteiger partial charge in [-0.1, -0.05) is 23.2 Å². The Labute approximate surface area is 143 Å². The average molecular weight is 408 g/mol. The largest absolute Gasteiger partial charge is 0.294 e. The van der Waals surface area contributed by atoms with Gasteiger partial charge in [0.15, 0.2) is 0 Å². The van der Waals surface area contributed by atoms with Crippen LogP contribution in [0.25, 0.3) is 16.7 Å². The molecule has 3 rings (SSSR count). The number of hydrogen-bond donors (Lipinski definition) is 0. The predicted octanol–water partition coefficient (Wildman–Crippen LogP) is 5.97. The maximum Gasteiger partial charge on any atom is 0.139 e. The molecule has 0 N–H and O–H groups in total. The smallest absolute Gasteiger partial charge is 0.139 e. The Balaban J connectivity index is 2.40. The molecule has 1 aromatic heterocycles. The van der Waals surface area contributed by atoms with Crippen LogP contribution in [0.3, 0.4) is 0 Å². The quantitative estimate of drug-likeness (QED) is 0.478. The molecular weight excluding hydrogens is 401 g/mol. The summed E-state index contributed by atoms with van der Waals surface area (Å²) in [6.07, 6.45) is 0. The van der Waals surface area contributed by atoms with E-state index in [9.17, 15) is 4.39 Å². The molecule has 2 aromatic carbocycles. The van der Waals surface area contributed by atoms with Crippen LogP contribution in [0.15, 0.2) is 34.8 Å². The van der Waals surface area contributed by atoms with Gasteiger partial charge in [-0.2, -0.15) is 0 Å². The first-order valence-electron chi connectivity index (χ1n) is 5.89. The zero-order valence-corrected chi connectivity index (χ0v) is 14.2. The Morgan fingerprint density at radius 1 is 1.19 bits per heavy atom. The number of nitrogens with zero attached hydrogens (tertiary/aromatic N) is 2. The highest BCUT2D eigenvalue weighted by atomic mass is 79.9. The summed E-state index contributed by atoms with van der Waals surface area (Å²) in [5, 5.41) is 1.00. The lowest BCUT2D eigenvalue weighted by atomic mass is 10.2. The van der Waals surface area contributed by atoms with E-state index in [2.05, 4.69) is 20.9 Å². The summed E-state index contributed by atoms with van der Waals surface area (Å²) >= 11 is 21.4. The van der Waals surface area contributed by atoms with Crippen molar-refractivity contribution in [3.05, 3.63) is 56.5 Å². The molecular formula is C14H7BrCl3FN2. The van der Waals surface area contributed by atoms with Crippen molar-refractivity contribution in [1.82, 2.24) is 9.55 Å². The fourth-order valence-electron chi connectivity index (χ4n) is 2.14. The SMILES string of the molecule is Fc1cc2c(cc1Br)nc(CCl)n2-c1cc(Cl)ccc1Cl. The van der Waals surface area contributed by atoms with E-state index in [0.717, 1.165) is 0 Å². The maximum atomic E-state index is 13.9. The molecule has 0 saturated carbocycles. The molecule has 2 nitrogen and oxygen atoms in total. The minimum atomic E-state index is -0.386. The third-order valence-electron chi connectivity index (χ3n) is 3.03. The highest BCUT2D eigenvalue weighted by molar-refractivity contribution is 9.10. The third kappa shape index (κ3) is 2.66. The number of benzene rings is 2. The van der Waals surface area contributed by atoms with Crippen molar-refractivity contribution < 1.29 is 4.39 Å². The van der Waals surface area contributed by atoms with Gasteiger partial charge in [-0.05, 0) is 40.2 Å². The maximum absolute atomic E-state index is 13.9. The van der Waals surface area contributed by atoms with E-state index in [1.165, 1.54) is 6.07 Å². The molecule has 3 aromatic rings. The van der Waals surface area contributed by atoms with Crippen LogP contribution in [0.2, 0.25) is 10.0 Å². The molecule has 108 valence electrons. The van der Waals surface area contributed by atoms with E-state index >= 15 is 0 Å². The minimum Gasteiger partial charge on any atom is -0.294 e. The molecule has 0 fully saturated rings. The van der Waals surface area contributed by atoms with Crippen molar-refractivity contribution >= 4 is 61.8 Å². The highest BCUT2D eigenvalue weighted by Gasteiger charge is 2.16. The summed E-state index contributed by atoms with van der Waals surface area (Å²) in [5.74, 6) is 0.341. The standard InChI is InChI=1S/C14H7BrCl3FN2/c15-8-4-11-13(5-10(8)19)21(14(6-16)20-11)12-3-7(17)1-2-9(12)18/h1-5H,6H2. The predicted molar refractivity (Wildman–Crippen MR) is 88.3 cm³/mol. The van der Waals surface area contributed by atoms with Gasteiger partial charge in [0.1, 0.15) is 11.6 Å². The second kappa shape index (κ2) is 5.76. The summed E-state index contributed by atoms with van der Waals surface area (Å²) < 4.78 is 15.9. The lowest BCUT2D eigenvalue weighted by molar-refractivity contribution is 0.622. The van der Waals surface area contributed by atoms with Gasteiger partial charge in [-0.25, -0.2) is 9.37 Å². The number of fused-ring (bicyclic) bond motifs is 1. The molecule has 0 aliphatic heterocycles. The van der Waals surface area contributed by atoms with E-state index in [1.807, 2.05) is 0 Å². The summed E-state index contributed by atoms with van der Waals surface area (Å²) in [4.78, 5) is 4.41. The monoisotopic (exact) mass is 406 g/mol. The fraction of sp³-hybridized carbons (Fsp3) is 0.0714. The highest BCUT2D eigenvalue weighted by Crippen LogP contribution is 2.31. The molecule has 0 atom stereocenters.